The molecule has 1 atom stereocenters. The van der Waals surface area contributed by atoms with Gasteiger partial charge in [-0.1, -0.05) is 6.92 Å². The summed E-state index contributed by atoms with van der Waals surface area (Å²) in [6, 6.07) is 4.62. The maximum atomic E-state index is 5.26. The van der Waals surface area contributed by atoms with Crippen LogP contribution >= 0.6 is 15.9 Å². The average molecular weight is 268 g/mol. The Morgan fingerprint density at radius 2 is 2.33 bits per heavy atom. The van der Waals surface area contributed by atoms with Gasteiger partial charge in [0.25, 0.3) is 0 Å². The first kappa shape index (κ1) is 10.7. The Hall–Kier alpha value is -0.830. The first-order valence-corrected chi connectivity index (χ1v) is 5.93. The second-order valence-electron chi connectivity index (χ2n) is 3.73. The standard InChI is InChI=1S/C12H14BrNO/c1-3-10-4-8-5-11(13)12(15-2)6-9(8)7-14-10/h5-7,10H,3-4H2,1-2H3/t10-/m1/s1. The molecule has 0 radical (unpaired) electrons. The molecule has 1 aromatic rings. The van der Waals surface area contributed by atoms with Gasteiger partial charge < -0.3 is 4.74 Å². The predicted octanol–water partition coefficient (Wildman–Crippen LogP) is 3.21. The fraction of sp³-hybridized carbons (Fsp3) is 0.417. The van der Waals surface area contributed by atoms with E-state index in [0.29, 0.717) is 6.04 Å². The van der Waals surface area contributed by atoms with Crippen molar-refractivity contribution < 1.29 is 4.74 Å². The summed E-state index contributed by atoms with van der Waals surface area (Å²) in [6.07, 6.45) is 4.09. The van der Waals surface area contributed by atoms with Crippen LogP contribution in [0.2, 0.25) is 0 Å². The molecule has 0 aliphatic carbocycles. The molecule has 0 saturated heterocycles. The van der Waals surface area contributed by atoms with Gasteiger partial charge in [-0.15, -0.1) is 0 Å². The quantitative estimate of drug-likeness (QED) is 0.807. The van der Waals surface area contributed by atoms with Crippen LogP contribution in [0.1, 0.15) is 24.5 Å². The lowest BCUT2D eigenvalue weighted by Crippen LogP contribution is -2.14. The maximum Gasteiger partial charge on any atom is 0.133 e. The lowest BCUT2D eigenvalue weighted by molar-refractivity contribution is 0.411. The van der Waals surface area contributed by atoms with Crippen molar-refractivity contribution in [3.8, 4) is 5.75 Å². The Kier molecular flexibility index (Phi) is 3.10. The number of fused-ring (bicyclic) bond motifs is 1. The lowest BCUT2D eigenvalue weighted by atomic mass is 9.96. The number of rotatable bonds is 2. The van der Waals surface area contributed by atoms with Crippen LogP contribution in [0.3, 0.4) is 0 Å². The van der Waals surface area contributed by atoms with E-state index in [4.69, 9.17) is 4.74 Å². The van der Waals surface area contributed by atoms with Crippen molar-refractivity contribution in [2.45, 2.75) is 25.8 Å². The molecule has 1 aromatic carbocycles. The maximum absolute atomic E-state index is 5.26. The van der Waals surface area contributed by atoms with Gasteiger partial charge in [-0.25, -0.2) is 0 Å². The van der Waals surface area contributed by atoms with E-state index in [1.54, 1.807) is 7.11 Å². The number of benzene rings is 1. The third-order valence-corrected chi connectivity index (χ3v) is 3.38. The van der Waals surface area contributed by atoms with Crippen LogP contribution in [-0.4, -0.2) is 19.4 Å². The smallest absolute Gasteiger partial charge is 0.133 e. The minimum absolute atomic E-state index is 0.442. The molecule has 80 valence electrons. The highest BCUT2D eigenvalue weighted by Gasteiger charge is 2.15. The zero-order chi connectivity index (χ0) is 10.8. The topological polar surface area (TPSA) is 21.6 Å². The highest BCUT2D eigenvalue weighted by atomic mass is 79.9. The molecule has 0 N–H and O–H groups in total. The van der Waals surface area contributed by atoms with Crippen molar-refractivity contribution in [3.63, 3.8) is 0 Å². The molecular weight excluding hydrogens is 254 g/mol. The van der Waals surface area contributed by atoms with Gasteiger partial charge in [0.1, 0.15) is 5.75 Å². The minimum atomic E-state index is 0.442. The molecule has 1 aliphatic rings. The number of ether oxygens (including phenoxy) is 1. The third kappa shape index (κ3) is 2.07. The first-order chi connectivity index (χ1) is 7.24. The van der Waals surface area contributed by atoms with E-state index in [1.165, 1.54) is 11.1 Å². The SMILES string of the molecule is CC[C@@H]1Cc2cc(Br)c(OC)cc2C=N1. The number of aliphatic imine (C=N–C) groups is 1. The van der Waals surface area contributed by atoms with E-state index in [2.05, 4.69) is 33.9 Å². The Bertz CT molecular complexity index is 401. The lowest BCUT2D eigenvalue weighted by Gasteiger charge is -2.18. The number of hydrogen-bond acceptors (Lipinski definition) is 2. The number of nitrogens with zero attached hydrogens (tertiary/aromatic N) is 1. The van der Waals surface area contributed by atoms with Crippen molar-refractivity contribution in [3.05, 3.63) is 27.7 Å². The third-order valence-electron chi connectivity index (χ3n) is 2.76. The van der Waals surface area contributed by atoms with Crippen molar-refractivity contribution >= 4 is 22.1 Å². The molecule has 1 aliphatic heterocycles. The van der Waals surface area contributed by atoms with Crippen LogP contribution in [0.5, 0.6) is 5.75 Å². The highest BCUT2D eigenvalue weighted by molar-refractivity contribution is 9.10. The molecule has 3 heteroatoms. The minimum Gasteiger partial charge on any atom is -0.496 e. The van der Waals surface area contributed by atoms with Crippen LogP contribution in [0.25, 0.3) is 0 Å². The van der Waals surface area contributed by atoms with Crippen molar-refractivity contribution in [2.24, 2.45) is 4.99 Å². The number of halogens is 1. The van der Waals surface area contributed by atoms with Crippen LogP contribution in [0.15, 0.2) is 21.6 Å². The van der Waals surface area contributed by atoms with Crippen molar-refractivity contribution in [2.75, 3.05) is 7.11 Å². The number of hydrogen-bond donors (Lipinski definition) is 0. The van der Waals surface area contributed by atoms with E-state index in [-0.39, 0.29) is 0 Å². The Morgan fingerprint density at radius 1 is 1.53 bits per heavy atom. The Balaban J connectivity index is 2.40. The van der Waals surface area contributed by atoms with Gasteiger partial charge in [-0.05, 0) is 52.0 Å². The average Bonchev–Trinajstić information content (AvgIpc) is 2.27. The molecule has 0 aromatic heterocycles. The van der Waals surface area contributed by atoms with Gasteiger partial charge in [-0.2, -0.15) is 0 Å². The second kappa shape index (κ2) is 4.35. The van der Waals surface area contributed by atoms with Crippen molar-refractivity contribution in [1.82, 2.24) is 0 Å². The summed E-state index contributed by atoms with van der Waals surface area (Å²) in [5.74, 6) is 0.871. The Labute approximate surface area is 98.5 Å². The summed E-state index contributed by atoms with van der Waals surface area (Å²) in [4.78, 5) is 4.50. The van der Waals surface area contributed by atoms with Gasteiger partial charge in [0.05, 0.1) is 17.6 Å². The predicted molar refractivity (Wildman–Crippen MR) is 66.1 cm³/mol. The molecule has 0 bridgehead atoms. The summed E-state index contributed by atoms with van der Waals surface area (Å²) in [7, 11) is 1.68. The summed E-state index contributed by atoms with van der Waals surface area (Å²) >= 11 is 3.51. The van der Waals surface area contributed by atoms with Gasteiger partial charge >= 0.3 is 0 Å². The summed E-state index contributed by atoms with van der Waals surface area (Å²) in [6.45, 7) is 2.17. The monoisotopic (exact) mass is 267 g/mol. The molecule has 0 spiro atoms. The largest absolute Gasteiger partial charge is 0.496 e. The van der Waals surface area contributed by atoms with E-state index in [9.17, 15) is 0 Å². The molecule has 15 heavy (non-hydrogen) atoms. The summed E-state index contributed by atoms with van der Waals surface area (Å²) in [5.41, 5.74) is 2.53. The molecule has 0 fully saturated rings. The van der Waals surface area contributed by atoms with Gasteiger partial charge in [-0.3, -0.25) is 4.99 Å². The molecule has 2 rings (SSSR count). The molecule has 0 saturated carbocycles. The van der Waals surface area contributed by atoms with E-state index >= 15 is 0 Å². The van der Waals surface area contributed by atoms with Crippen LogP contribution in [0.4, 0.5) is 0 Å². The van der Waals surface area contributed by atoms with Gasteiger partial charge in [0, 0.05) is 6.21 Å². The van der Waals surface area contributed by atoms with E-state index in [1.807, 2.05) is 12.3 Å². The van der Waals surface area contributed by atoms with Crippen molar-refractivity contribution in [1.29, 1.82) is 0 Å². The van der Waals surface area contributed by atoms with E-state index < -0.39 is 0 Å². The van der Waals surface area contributed by atoms with Gasteiger partial charge in [0.2, 0.25) is 0 Å². The molecular formula is C12H14BrNO. The molecule has 0 unspecified atom stereocenters. The summed E-state index contributed by atoms with van der Waals surface area (Å²) in [5, 5.41) is 0. The fourth-order valence-electron chi connectivity index (χ4n) is 1.81. The molecule has 2 nitrogen and oxygen atoms in total. The Morgan fingerprint density at radius 3 is 3.00 bits per heavy atom. The van der Waals surface area contributed by atoms with Crippen LogP contribution in [0, 0.1) is 0 Å². The van der Waals surface area contributed by atoms with Crippen LogP contribution < -0.4 is 4.74 Å². The van der Waals surface area contributed by atoms with Crippen LogP contribution in [-0.2, 0) is 6.42 Å². The zero-order valence-electron chi connectivity index (χ0n) is 8.96. The molecule has 0 amide bonds. The fourth-order valence-corrected chi connectivity index (χ4v) is 2.36. The zero-order valence-corrected chi connectivity index (χ0v) is 10.5. The first-order valence-electron chi connectivity index (χ1n) is 5.14. The normalized spacial score (nSPS) is 18.7. The van der Waals surface area contributed by atoms with E-state index in [0.717, 1.165) is 23.1 Å². The molecule has 1 heterocycles. The summed E-state index contributed by atoms with van der Waals surface area (Å²) < 4.78 is 6.28. The number of methoxy groups -OCH3 is 1. The highest BCUT2D eigenvalue weighted by Crippen LogP contribution is 2.30. The second-order valence-corrected chi connectivity index (χ2v) is 4.58. The van der Waals surface area contributed by atoms with Gasteiger partial charge in [0.15, 0.2) is 0 Å².